The predicted molar refractivity (Wildman–Crippen MR) is 76.0 cm³/mol. The average molecular weight is 300 g/mol. The van der Waals surface area contributed by atoms with Gasteiger partial charge in [-0.05, 0) is 31.2 Å². The quantitative estimate of drug-likeness (QED) is 0.458. The van der Waals surface area contributed by atoms with Gasteiger partial charge < -0.3 is 4.74 Å². The third kappa shape index (κ3) is 5.94. The number of carbonyl (C=O) groups is 1. The SMILES string of the molecule is CCOC(=O)/C=C/CSc1ccc(S(C)(=O)=O)cc1. The lowest BCUT2D eigenvalue weighted by molar-refractivity contribution is -0.137. The van der Waals surface area contributed by atoms with E-state index in [0.717, 1.165) is 4.90 Å². The first-order valence-electron chi connectivity index (χ1n) is 5.69. The molecule has 0 heterocycles. The normalized spacial score (nSPS) is 11.7. The maximum Gasteiger partial charge on any atom is 0.330 e. The van der Waals surface area contributed by atoms with Crippen LogP contribution in [0, 0.1) is 0 Å². The van der Waals surface area contributed by atoms with Crippen molar-refractivity contribution in [2.75, 3.05) is 18.6 Å². The number of carbonyl (C=O) groups excluding carboxylic acids is 1. The summed E-state index contributed by atoms with van der Waals surface area (Å²) >= 11 is 1.51. The molecule has 0 spiro atoms. The van der Waals surface area contributed by atoms with E-state index in [4.69, 9.17) is 4.74 Å². The van der Waals surface area contributed by atoms with Crippen molar-refractivity contribution in [3.63, 3.8) is 0 Å². The molecule has 0 N–H and O–H groups in total. The van der Waals surface area contributed by atoms with Crippen LogP contribution >= 0.6 is 11.8 Å². The molecule has 0 atom stereocenters. The fourth-order valence-electron chi connectivity index (χ4n) is 1.26. The highest BCUT2D eigenvalue weighted by atomic mass is 32.2. The van der Waals surface area contributed by atoms with Gasteiger partial charge in [0.1, 0.15) is 0 Å². The molecule has 0 saturated heterocycles. The Morgan fingerprint density at radius 1 is 1.32 bits per heavy atom. The number of rotatable bonds is 6. The Balaban J connectivity index is 2.49. The molecule has 0 aliphatic heterocycles. The number of thioether (sulfide) groups is 1. The van der Waals surface area contributed by atoms with E-state index in [1.807, 2.05) is 0 Å². The van der Waals surface area contributed by atoms with Gasteiger partial charge in [-0.25, -0.2) is 13.2 Å². The van der Waals surface area contributed by atoms with Crippen LogP contribution in [-0.2, 0) is 19.4 Å². The summed E-state index contributed by atoms with van der Waals surface area (Å²) in [6.07, 6.45) is 4.28. The van der Waals surface area contributed by atoms with E-state index in [9.17, 15) is 13.2 Å². The van der Waals surface area contributed by atoms with Crippen LogP contribution in [0.15, 0.2) is 46.2 Å². The average Bonchev–Trinajstić information content (AvgIpc) is 2.34. The van der Waals surface area contributed by atoms with Crippen LogP contribution in [0.5, 0.6) is 0 Å². The van der Waals surface area contributed by atoms with Crippen LogP contribution in [0.3, 0.4) is 0 Å². The van der Waals surface area contributed by atoms with Crippen molar-refractivity contribution < 1.29 is 17.9 Å². The summed E-state index contributed by atoms with van der Waals surface area (Å²) in [5, 5.41) is 0. The summed E-state index contributed by atoms with van der Waals surface area (Å²) in [4.78, 5) is 12.3. The largest absolute Gasteiger partial charge is 0.463 e. The lowest BCUT2D eigenvalue weighted by Crippen LogP contribution is -1.98. The summed E-state index contributed by atoms with van der Waals surface area (Å²) in [6.45, 7) is 2.12. The molecule has 0 saturated carbocycles. The number of hydrogen-bond donors (Lipinski definition) is 0. The van der Waals surface area contributed by atoms with Crippen LogP contribution < -0.4 is 0 Å². The smallest absolute Gasteiger partial charge is 0.330 e. The van der Waals surface area contributed by atoms with E-state index >= 15 is 0 Å². The summed E-state index contributed by atoms with van der Waals surface area (Å²) in [6, 6.07) is 6.65. The van der Waals surface area contributed by atoms with Crippen molar-refractivity contribution in [3.8, 4) is 0 Å². The van der Waals surface area contributed by atoms with Crippen molar-refractivity contribution in [2.24, 2.45) is 0 Å². The van der Waals surface area contributed by atoms with Gasteiger partial charge in [0, 0.05) is 23.0 Å². The topological polar surface area (TPSA) is 60.4 Å². The van der Waals surface area contributed by atoms with E-state index in [1.54, 1.807) is 37.3 Å². The van der Waals surface area contributed by atoms with Crippen LogP contribution in [-0.4, -0.2) is 33.0 Å². The van der Waals surface area contributed by atoms with Gasteiger partial charge in [-0.1, -0.05) is 6.08 Å². The second-order valence-corrected chi connectivity index (χ2v) is 6.82. The molecule has 19 heavy (non-hydrogen) atoms. The third-order valence-electron chi connectivity index (χ3n) is 2.14. The summed E-state index contributed by atoms with van der Waals surface area (Å²) in [5.41, 5.74) is 0. The minimum Gasteiger partial charge on any atom is -0.463 e. The molecule has 0 bridgehead atoms. The van der Waals surface area contributed by atoms with Crippen LogP contribution in [0.1, 0.15) is 6.92 Å². The molecular weight excluding hydrogens is 284 g/mol. The molecule has 104 valence electrons. The zero-order valence-electron chi connectivity index (χ0n) is 10.8. The molecule has 0 unspecified atom stereocenters. The Hall–Kier alpha value is -1.27. The summed E-state index contributed by atoms with van der Waals surface area (Å²) < 4.78 is 27.3. The molecule has 0 aliphatic carbocycles. The van der Waals surface area contributed by atoms with Crippen LogP contribution in [0.4, 0.5) is 0 Å². The Morgan fingerprint density at radius 3 is 2.47 bits per heavy atom. The van der Waals surface area contributed by atoms with E-state index in [2.05, 4.69) is 0 Å². The Bertz CT molecular complexity index is 545. The fraction of sp³-hybridized carbons (Fsp3) is 0.308. The Labute approximate surface area is 117 Å². The van der Waals surface area contributed by atoms with Gasteiger partial charge in [-0.3, -0.25) is 0 Å². The van der Waals surface area contributed by atoms with E-state index in [-0.39, 0.29) is 5.97 Å². The Morgan fingerprint density at radius 2 is 1.95 bits per heavy atom. The van der Waals surface area contributed by atoms with Crippen LogP contribution in [0.2, 0.25) is 0 Å². The zero-order valence-corrected chi connectivity index (χ0v) is 12.5. The van der Waals surface area contributed by atoms with Gasteiger partial charge in [0.05, 0.1) is 11.5 Å². The first-order chi connectivity index (χ1) is 8.93. The molecule has 4 nitrogen and oxygen atoms in total. The van der Waals surface area contributed by atoms with Gasteiger partial charge in [-0.2, -0.15) is 0 Å². The second-order valence-electron chi connectivity index (χ2n) is 3.71. The predicted octanol–water partition coefficient (Wildman–Crippen LogP) is 2.30. The standard InChI is InChI=1S/C13H16O4S2/c1-3-17-13(14)5-4-10-18-11-6-8-12(9-7-11)19(2,15)16/h4-9H,3,10H2,1-2H3/b5-4+. The van der Waals surface area contributed by atoms with Gasteiger partial charge in [0.2, 0.25) is 0 Å². The minimum absolute atomic E-state index is 0.305. The highest BCUT2D eigenvalue weighted by Gasteiger charge is 2.05. The van der Waals surface area contributed by atoms with Crippen molar-refractivity contribution in [1.29, 1.82) is 0 Å². The van der Waals surface area contributed by atoms with E-state index in [0.29, 0.717) is 17.3 Å². The number of ether oxygens (including phenoxy) is 1. The van der Waals surface area contributed by atoms with Crippen molar-refractivity contribution in [3.05, 3.63) is 36.4 Å². The molecule has 0 radical (unpaired) electrons. The van der Waals surface area contributed by atoms with Crippen LogP contribution in [0.25, 0.3) is 0 Å². The van der Waals surface area contributed by atoms with Crippen molar-refractivity contribution in [1.82, 2.24) is 0 Å². The first kappa shape index (κ1) is 15.8. The molecule has 1 aromatic rings. The number of esters is 1. The highest BCUT2D eigenvalue weighted by Crippen LogP contribution is 2.20. The molecule has 0 aromatic heterocycles. The van der Waals surface area contributed by atoms with E-state index in [1.165, 1.54) is 24.1 Å². The Kier molecular flexibility index (Phi) is 6.11. The second kappa shape index (κ2) is 7.35. The third-order valence-corrected chi connectivity index (χ3v) is 4.23. The zero-order chi connectivity index (χ0) is 14.3. The monoisotopic (exact) mass is 300 g/mol. The van der Waals surface area contributed by atoms with Gasteiger partial charge >= 0.3 is 5.97 Å². The molecular formula is C13H16O4S2. The van der Waals surface area contributed by atoms with Gasteiger partial charge in [-0.15, -0.1) is 11.8 Å². The maximum atomic E-state index is 11.3. The molecule has 1 aromatic carbocycles. The molecule has 0 amide bonds. The lowest BCUT2D eigenvalue weighted by Gasteiger charge is -2.01. The summed E-state index contributed by atoms with van der Waals surface area (Å²) in [7, 11) is -3.15. The minimum atomic E-state index is -3.15. The van der Waals surface area contributed by atoms with E-state index < -0.39 is 9.84 Å². The summed E-state index contributed by atoms with van der Waals surface area (Å²) in [5.74, 6) is 0.271. The number of hydrogen-bond acceptors (Lipinski definition) is 5. The molecule has 6 heteroatoms. The number of benzene rings is 1. The van der Waals surface area contributed by atoms with Crippen molar-refractivity contribution in [2.45, 2.75) is 16.7 Å². The lowest BCUT2D eigenvalue weighted by atomic mass is 10.4. The fourth-order valence-corrected chi connectivity index (χ4v) is 2.61. The highest BCUT2D eigenvalue weighted by molar-refractivity contribution is 7.99. The van der Waals surface area contributed by atoms with Gasteiger partial charge in [0.25, 0.3) is 0 Å². The van der Waals surface area contributed by atoms with Crippen molar-refractivity contribution >= 4 is 27.6 Å². The first-order valence-corrected chi connectivity index (χ1v) is 8.57. The molecule has 0 fully saturated rings. The number of sulfone groups is 1. The maximum absolute atomic E-state index is 11.3. The molecule has 0 aliphatic rings. The van der Waals surface area contributed by atoms with Gasteiger partial charge in [0.15, 0.2) is 9.84 Å². The molecule has 1 rings (SSSR count).